The van der Waals surface area contributed by atoms with Crippen molar-refractivity contribution in [2.45, 2.75) is 6.04 Å². The zero-order chi connectivity index (χ0) is 23.3. The van der Waals surface area contributed by atoms with Gasteiger partial charge in [-0.1, -0.05) is 41.1 Å². The lowest BCUT2D eigenvalue weighted by Gasteiger charge is -2.23. The van der Waals surface area contributed by atoms with E-state index in [0.29, 0.717) is 15.2 Å². The van der Waals surface area contributed by atoms with Crippen molar-refractivity contribution in [3.05, 3.63) is 100 Å². The number of fused-ring (bicyclic) bond motifs is 1. The fourth-order valence-electron chi connectivity index (χ4n) is 3.77. The van der Waals surface area contributed by atoms with Gasteiger partial charge >= 0.3 is 5.91 Å². The molecule has 0 aliphatic carbocycles. The molecule has 1 N–H and O–H groups in total. The van der Waals surface area contributed by atoms with Crippen LogP contribution in [0.15, 0.2) is 72.3 Å². The molecule has 1 amide bonds. The van der Waals surface area contributed by atoms with Crippen LogP contribution in [0.2, 0.25) is 5.02 Å². The smallest absolute Gasteiger partial charge is 0.301 e. The lowest BCUT2D eigenvalue weighted by molar-refractivity contribution is -0.132. The summed E-state index contributed by atoms with van der Waals surface area (Å²) in [5, 5.41) is 11.6. The van der Waals surface area contributed by atoms with Crippen LogP contribution in [0.1, 0.15) is 17.2 Å². The zero-order valence-electron chi connectivity index (χ0n) is 16.6. The summed E-state index contributed by atoms with van der Waals surface area (Å²) in [6.07, 6.45) is 0. The van der Waals surface area contributed by atoms with Crippen molar-refractivity contribution in [2.24, 2.45) is 0 Å². The first-order chi connectivity index (χ1) is 15.8. The highest BCUT2D eigenvalue weighted by Crippen LogP contribution is 2.45. The number of Topliss-reactive ketones (excluding diaryl/α,β-unsaturated/α-hetero) is 1. The number of halogens is 3. The van der Waals surface area contributed by atoms with Crippen LogP contribution in [0.25, 0.3) is 16.0 Å². The van der Waals surface area contributed by atoms with E-state index in [9.17, 15) is 23.5 Å². The fourth-order valence-corrected chi connectivity index (χ4v) is 5.04. The van der Waals surface area contributed by atoms with Crippen LogP contribution in [0.3, 0.4) is 0 Å². The number of hydrogen-bond donors (Lipinski definition) is 1. The molecule has 1 aliphatic heterocycles. The number of aliphatic hydroxyl groups excluding tert-OH is 1. The van der Waals surface area contributed by atoms with E-state index in [1.54, 1.807) is 24.3 Å². The van der Waals surface area contributed by atoms with Gasteiger partial charge in [0, 0.05) is 16.1 Å². The quantitative estimate of drug-likeness (QED) is 0.226. The Balaban J connectivity index is 1.75. The van der Waals surface area contributed by atoms with Gasteiger partial charge in [0.2, 0.25) is 0 Å². The van der Waals surface area contributed by atoms with Gasteiger partial charge in [-0.3, -0.25) is 14.5 Å². The lowest BCUT2D eigenvalue weighted by Crippen LogP contribution is -2.29. The monoisotopic (exact) mass is 482 g/mol. The summed E-state index contributed by atoms with van der Waals surface area (Å²) >= 11 is 7.17. The molecule has 164 valence electrons. The minimum absolute atomic E-state index is 0.0117. The topological polar surface area (TPSA) is 70.5 Å². The Bertz CT molecular complexity index is 1470. The van der Waals surface area contributed by atoms with E-state index in [1.807, 2.05) is 0 Å². The summed E-state index contributed by atoms with van der Waals surface area (Å²) in [5.74, 6) is -3.69. The predicted octanol–water partition coefficient (Wildman–Crippen LogP) is 5.85. The highest BCUT2D eigenvalue weighted by atomic mass is 35.5. The van der Waals surface area contributed by atoms with Gasteiger partial charge in [-0.2, -0.15) is 0 Å². The third-order valence-electron chi connectivity index (χ3n) is 5.31. The van der Waals surface area contributed by atoms with E-state index in [0.717, 1.165) is 28.4 Å². The number of ketones is 1. The number of hydrogen-bond acceptors (Lipinski definition) is 5. The summed E-state index contributed by atoms with van der Waals surface area (Å²) in [6.45, 7) is 0. The van der Waals surface area contributed by atoms with Gasteiger partial charge in [0.1, 0.15) is 23.4 Å². The molecule has 5 rings (SSSR count). The number of aromatic nitrogens is 1. The summed E-state index contributed by atoms with van der Waals surface area (Å²) in [6, 6.07) is 14.2. The lowest BCUT2D eigenvalue weighted by atomic mass is 9.95. The predicted molar refractivity (Wildman–Crippen MR) is 122 cm³/mol. The molecule has 1 fully saturated rings. The van der Waals surface area contributed by atoms with Crippen LogP contribution in [-0.4, -0.2) is 21.8 Å². The van der Waals surface area contributed by atoms with Gasteiger partial charge in [-0.05, 0) is 48.5 Å². The molecule has 1 aliphatic rings. The van der Waals surface area contributed by atoms with E-state index < -0.39 is 35.1 Å². The van der Waals surface area contributed by atoms with Gasteiger partial charge in [0.25, 0.3) is 5.78 Å². The molecule has 1 unspecified atom stereocenters. The number of aliphatic hydroxyl groups is 1. The second kappa shape index (κ2) is 8.06. The molecule has 3 aromatic carbocycles. The summed E-state index contributed by atoms with van der Waals surface area (Å²) in [5.41, 5.74) is 0.366. The minimum Gasteiger partial charge on any atom is -0.507 e. The van der Waals surface area contributed by atoms with Crippen molar-refractivity contribution in [3.8, 4) is 0 Å². The number of nitrogens with zero attached hydrogens (tertiary/aromatic N) is 2. The SMILES string of the molecule is O=C1C(=O)N(c2nc3ccc(Cl)cc3s2)C(c2ccccc2F)/C1=C(\O)c1ccc(F)cc1. The second-order valence-corrected chi connectivity index (χ2v) is 8.75. The standard InChI is InChI=1S/C24H13ClF2N2O3S/c25-13-7-10-17-18(11-13)33-24(28-17)29-20(15-3-1-2-4-16(15)27)19(22(31)23(29)32)21(30)12-5-8-14(26)9-6-12/h1-11,20,30H/b21-19+. The largest absolute Gasteiger partial charge is 0.507 e. The van der Waals surface area contributed by atoms with Crippen LogP contribution in [-0.2, 0) is 9.59 Å². The first-order valence-corrected chi connectivity index (χ1v) is 10.9. The van der Waals surface area contributed by atoms with E-state index in [2.05, 4.69) is 4.98 Å². The van der Waals surface area contributed by atoms with Crippen molar-refractivity contribution in [2.75, 3.05) is 4.90 Å². The molecule has 1 saturated heterocycles. The maximum Gasteiger partial charge on any atom is 0.301 e. The summed E-state index contributed by atoms with van der Waals surface area (Å²) < 4.78 is 28.9. The number of anilines is 1. The molecule has 0 saturated carbocycles. The van der Waals surface area contributed by atoms with Crippen molar-refractivity contribution >= 4 is 55.7 Å². The molecule has 5 nitrogen and oxygen atoms in total. The van der Waals surface area contributed by atoms with E-state index in [1.165, 1.54) is 30.3 Å². The molecule has 1 atom stereocenters. The Kier molecular flexibility index (Phi) is 5.19. The van der Waals surface area contributed by atoms with Crippen LogP contribution >= 0.6 is 22.9 Å². The molecular weight excluding hydrogens is 470 g/mol. The Morgan fingerprint density at radius 3 is 2.48 bits per heavy atom. The number of rotatable bonds is 3. The zero-order valence-corrected chi connectivity index (χ0v) is 18.2. The highest BCUT2D eigenvalue weighted by molar-refractivity contribution is 7.22. The Labute approximate surface area is 195 Å². The first-order valence-electron chi connectivity index (χ1n) is 9.72. The van der Waals surface area contributed by atoms with Gasteiger partial charge < -0.3 is 5.11 Å². The van der Waals surface area contributed by atoms with Gasteiger partial charge in [-0.25, -0.2) is 13.8 Å². The van der Waals surface area contributed by atoms with Crippen molar-refractivity contribution in [1.29, 1.82) is 0 Å². The molecule has 0 bridgehead atoms. The van der Waals surface area contributed by atoms with Gasteiger partial charge in [0.15, 0.2) is 5.13 Å². The number of amides is 1. The number of carbonyl (C=O) groups excluding carboxylic acids is 2. The van der Waals surface area contributed by atoms with Crippen LogP contribution in [0.4, 0.5) is 13.9 Å². The Morgan fingerprint density at radius 1 is 1.03 bits per heavy atom. The van der Waals surface area contributed by atoms with Gasteiger partial charge in [0.05, 0.1) is 15.8 Å². The molecule has 2 heterocycles. The number of benzene rings is 3. The van der Waals surface area contributed by atoms with Crippen LogP contribution in [0.5, 0.6) is 0 Å². The van der Waals surface area contributed by atoms with Crippen molar-refractivity contribution < 1.29 is 23.5 Å². The Hall–Kier alpha value is -3.62. The fraction of sp³-hybridized carbons (Fsp3) is 0.0417. The van der Waals surface area contributed by atoms with Crippen molar-refractivity contribution in [3.63, 3.8) is 0 Å². The third-order valence-corrected chi connectivity index (χ3v) is 6.56. The van der Waals surface area contributed by atoms with Crippen LogP contribution < -0.4 is 4.90 Å². The van der Waals surface area contributed by atoms with E-state index >= 15 is 0 Å². The summed E-state index contributed by atoms with van der Waals surface area (Å²) in [7, 11) is 0. The molecule has 1 aromatic heterocycles. The van der Waals surface area contributed by atoms with E-state index in [4.69, 9.17) is 11.6 Å². The molecule has 33 heavy (non-hydrogen) atoms. The molecular formula is C24H13ClF2N2O3S. The normalized spacial score (nSPS) is 17.8. The average molecular weight is 483 g/mol. The number of thiazole rings is 1. The maximum atomic E-state index is 14.9. The molecule has 9 heteroatoms. The minimum atomic E-state index is -1.27. The number of carbonyl (C=O) groups is 2. The third kappa shape index (κ3) is 3.57. The first kappa shape index (κ1) is 21.2. The maximum absolute atomic E-state index is 14.9. The van der Waals surface area contributed by atoms with E-state index in [-0.39, 0.29) is 21.8 Å². The summed E-state index contributed by atoms with van der Waals surface area (Å²) in [4.78, 5) is 31.7. The van der Waals surface area contributed by atoms with Crippen molar-refractivity contribution in [1.82, 2.24) is 4.98 Å². The molecule has 0 spiro atoms. The molecule has 4 aromatic rings. The average Bonchev–Trinajstić information content (AvgIpc) is 3.32. The van der Waals surface area contributed by atoms with Crippen LogP contribution in [0, 0.1) is 11.6 Å². The Morgan fingerprint density at radius 2 is 1.76 bits per heavy atom. The van der Waals surface area contributed by atoms with Gasteiger partial charge in [-0.15, -0.1) is 0 Å². The highest BCUT2D eigenvalue weighted by Gasteiger charge is 2.49. The second-order valence-electron chi connectivity index (χ2n) is 7.31. The molecule has 0 radical (unpaired) electrons.